The summed E-state index contributed by atoms with van der Waals surface area (Å²) >= 11 is 1.18. The molecule has 1 aliphatic heterocycles. The lowest BCUT2D eigenvalue weighted by molar-refractivity contribution is 0.0746. The summed E-state index contributed by atoms with van der Waals surface area (Å²) in [6.07, 6.45) is 3.42. The molecule has 0 radical (unpaired) electrons. The van der Waals surface area contributed by atoms with Crippen molar-refractivity contribution in [3.63, 3.8) is 0 Å². The summed E-state index contributed by atoms with van der Waals surface area (Å²) < 4.78 is 4.98. The first-order valence-electron chi connectivity index (χ1n) is 9.68. The number of hydrogen-bond acceptors (Lipinski definition) is 9. The largest absolute Gasteiger partial charge is 0.377 e. The Morgan fingerprint density at radius 3 is 2.45 bits per heavy atom. The van der Waals surface area contributed by atoms with Gasteiger partial charge in [0.05, 0.1) is 6.61 Å². The molecule has 160 valence electrons. The fourth-order valence-corrected chi connectivity index (χ4v) is 3.86. The molecule has 31 heavy (non-hydrogen) atoms. The van der Waals surface area contributed by atoms with Crippen LogP contribution >= 0.6 is 11.3 Å². The summed E-state index contributed by atoms with van der Waals surface area (Å²) in [4.78, 5) is 37.5. The number of anilines is 2. The van der Waals surface area contributed by atoms with Crippen molar-refractivity contribution in [1.82, 2.24) is 25.1 Å². The van der Waals surface area contributed by atoms with Crippen molar-refractivity contribution in [3.05, 3.63) is 58.3 Å². The molecule has 0 aliphatic carbocycles. The highest BCUT2D eigenvalue weighted by molar-refractivity contribution is 7.13. The summed E-state index contributed by atoms with van der Waals surface area (Å²) in [5, 5.41) is 11.4. The molecule has 1 aliphatic rings. The Morgan fingerprint density at radius 1 is 1.06 bits per heavy atom. The Bertz CT molecular complexity index is 1030. The first-order chi connectivity index (χ1) is 15.1. The number of rotatable bonds is 6. The molecule has 2 amide bonds. The number of carbonyl (C=O) groups is 2. The van der Waals surface area contributed by atoms with Crippen LogP contribution in [0.4, 0.5) is 11.6 Å². The number of benzene rings is 1. The maximum absolute atomic E-state index is 12.8. The van der Waals surface area contributed by atoms with Gasteiger partial charge in [-0.3, -0.25) is 9.59 Å². The minimum Gasteiger partial charge on any atom is -0.377 e. The van der Waals surface area contributed by atoms with Crippen LogP contribution in [0, 0.1) is 0 Å². The summed E-state index contributed by atoms with van der Waals surface area (Å²) in [5.41, 5.74) is 1.15. The molecule has 1 N–H and O–H groups in total. The van der Waals surface area contributed by atoms with Crippen molar-refractivity contribution >= 4 is 34.8 Å². The van der Waals surface area contributed by atoms with E-state index in [0.29, 0.717) is 55.0 Å². The molecule has 10 nitrogen and oxygen atoms in total. The van der Waals surface area contributed by atoms with E-state index in [2.05, 4.69) is 30.4 Å². The third-order valence-electron chi connectivity index (χ3n) is 4.72. The van der Waals surface area contributed by atoms with Crippen molar-refractivity contribution < 1.29 is 14.3 Å². The van der Waals surface area contributed by atoms with Crippen molar-refractivity contribution in [1.29, 1.82) is 0 Å². The molecule has 2 aromatic heterocycles. The Labute approximate surface area is 182 Å². The molecule has 0 unspecified atom stereocenters. The minimum atomic E-state index is -0.349. The van der Waals surface area contributed by atoms with Gasteiger partial charge in [-0.15, -0.1) is 10.2 Å². The molecular weight excluding hydrogens is 418 g/mol. The van der Waals surface area contributed by atoms with E-state index in [-0.39, 0.29) is 16.8 Å². The van der Waals surface area contributed by atoms with Crippen LogP contribution < -0.4 is 10.2 Å². The summed E-state index contributed by atoms with van der Waals surface area (Å²) in [7, 11) is 1.56. The average molecular weight is 440 g/mol. The standard InChI is InChI=1S/C20H21N7O3S/c1-30-13-16-24-25-18(31-16)17(28)23-15-5-3-14(4-6-15)19(29)26-9-11-27(12-10-26)20-21-7-2-8-22-20/h2-8H,9-13H2,1H3,(H,23,28). The normalized spacial score (nSPS) is 13.8. The number of nitrogens with one attached hydrogen (secondary N) is 1. The summed E-state index contributed by atoms with van der Waals surface area (Å²) in [6, 6.07) is 8.61. The van der Waals surface area contributed by atoms with Crippen molar-refractivity contribution in [3.8, 4) is 0 Å². The smallest absolute Gasteiger partial charge is 0.286 e. The SMILES string of the molecule is COCc1nnc(C(=O)Nc2ccc(C(=O)N3CCN(c4ncccn4)CC3)cc2)s1. The van der Waals surface area contributed by atoms with Crippen molar-refractivity contribution in [2.24, 2.45) is 0 Å². The van der Waals surface area contributed by atoms with Crippen LogP contribution in [0.25, 0.3) is 0 Å². The molecule has 0 bridgehead atoms. The first kappa shape index (κ1) is 20.8. The van der Waals surface area contributed by atoms with Gasteiger partial charge in [0, 0.05) is 56.9 Å². The minimum absolute atomic E-state index is 0.0418. The lowest BCUT2D eigenvalue weighted by Crippen LogP contribution is -2.49. The Morgan fingerprint density at radius 2 is 1.77 bits per heavy atom. The molecule has 3 aromatic rings. The van der Waals surface area contributed by atoms with Gasteiger partial charge < -0.3 is 19.9 Å². The third kappa shape index (κ3) is 5.01. The predicted octanol–water partition coefficient (Wildman–Crippen LogP) is 1.69. The average Bonchev–Trinajstić information content (AvgIpc) is 3.29. The fraction of sp³-hybridized carbons (Fsp3) is 0.300. The second-order valence-corrected chi connectivity index (χ2v) is 7.86. The summed E-state index contributed by atoms with van der Waals surface area (Å²) in [6.45, 7) is 2.86. The van der Waals surface area contributed by atoms with Gasteiger partial charge in [0.25, 0.3) is 11.8 Å². The molecule has 0 spiro atoms. The molecule has 1 fully saturated rings. The number of nitrogens with zero attached hydrogens (tertiary/aromatic N) is 6. The zero-order valence-corrected chi connectivity index (χ0v) is 17.7. The zero-order valence-electron chi connectivity index (χ0n) is 16.9. The van der Waals surface area contributed by atoms with Crippen LogP contribution in [0.5, 0.6) is 0 Å². The van der Waals surface area contributed by atoms with E-state index in [4.69, 9.17) is 4.74 Å². The second-order valence-electron chi connectivity index (χ2n) is 6.79. The molecule has 1 aromatic carbocycles. The molecule has 3 heterocycles. The number of aromatic nitrogens is 4. The van der Waals surface area contributed by atoms with Gasteiger partial charge in [0.2, 0.25) is 11.0 Å². The van der Waals surface area contributed by atoms with Gasteiger partial charge in [0.1, 0.15) is 5.01 Å². The van der Waals surface area contributed by atoms with Gasteiger partial charge in [-0.1, -0.05) is 11.3 Å². The van der Waals surface area contributed by atoms with Crippen molar-refractivity contribution in [2.75, 3.05) is 43.5 Å². The van der Waals surface area contributed by atoms with Gasteiger partial charge in [0.15, 0.2) is 0 Å². The Hall–Kier alpha value is -3.44. The van der Waals surface area contributed by atoms with E-state index < -0.39 is 0 Å². The number of carbonyl (C=O) groups excluding carboxylic acids is 2. The predicted molar refractivity (Wildman–Crippen MR) is 115 cm³/mol. The number of ether oxygens (including phenoxy) is 1. The lowest BCUT2D eigenvalue weighted by Gasteiger charge is -2.34. The van der Waals surface area contributed by atoms with Crippen LogP contribution in [-0.4, -0.2) is 70.2 Å². The van der Waals surface area contributed by atoms with Crippen LogP contribution in [0.3, 0.4) is 0 Å². The van der Waals surface area contributed by atoms with E-state index in [1.54, 1.807) is 49.8 Å². The van der Waals surface area contributed by atoms with Crippen LogP contribution in [-0.2, 0) is 11.3 Å². The van der Waals surface area contributed by atoms with Gasteiger partial charge >= 0.3 is 0 Å². The van der Waals surface area contributed by atoms with E-state index in [9.17, 15) is 9.59 Å². The number of amides is 2. The molecule has 1 saturated heterocycles. The number of piperazine rings is 1. The fourth-order valence-electron chi connectivity index (χ4n) is 3.15. The maximum Gasteiger partial charge on any atom is 0.286 e. The summed E-state index contributed by atoms with van der Waals surface area (Å²) in [5.74, 6) is 0.289. The molecule has 0 saturated carbocycles. The third-order valence-corrected chi connectivity index (χ3v) is 5.62. The second kappa shape index (κ2) is 9.58. The quantitative estimate of drug-likeness (QED) is 0.617. The topological polar surface area (TPSA) is 113 Å². The number of hydrogen-bond donors (Lipinski definition) is 1. The van der Waals surface area contributed by atoms with Crippen LogP contribution in [0.1, 0.15) is 25.2 Å². The lowest BCUT2D eigenvalue weighted by atomic mass is 10.1. The van der Waals surface area contributed by atoms with E-state index in [1.165, 1.54) is 11.3 Å². The zero-order chi connectivity index (χ0) is 21.6. The van der Waals surface area contributed by atoms with E-state index >= 15 is 0 Å². The first-order valence-corrected chi connectivity index (χ1v) is 10.5. The van der Waals surface area contributed by atoms with E-state index in [0.717, 1.165) is 0 Å². The highest BCUT2D eigenvalue weighted by atomic mass is 32.1. The maximum atomic E-state index is 12.8. The van der Waals surface area contributed by atoms with Gasteiger partial charge in [-0.2, -0.15) is 0 Å². The number of methoxy groups -OCH3 is 1. The monoisotopic (exact) mass is 439 g/mol. The Kier molecular flexibility index (Phi) is 6.43. The van der Waals surface area contributed by atoms with Gasteiger partial charge in [-0.05, 0) is 30.3 Å². The van der Waals surface area contributed by atoms with Crippen LogP contribution in [0.2, 0.25) is 0 Å². The molecule has 0 atom stereocenters. The molecular formula is C20H21N7O3S. The van der Waals surface area contributed by atoms with Crippen LogP contribution in [0.15, 0.2) is 42.7 Å². The Balaban J connectivity index is 1.32. The van der Waals surface area contributed by atoms with Crippen molar-refractivity contribution in [2.45, 2.75) is 6.61 Å². The molecule has 11 heteroatoms. The highest BCUT2D eigenvalue weighted by Gasteiger charge is 2.23. The van der Waals surface area contributed by atoms with E-state index in [1.807, 2.05) is 4.90 Å². The highest BCUT2D eigenvalue weighted by Crippen LogP contribution is 2.17. The van der Waals surface area contributed by atoms with Gasteiger partial charge in [-0.25, -0.2) is 9.97 Å². The molecule has 4 rings (SSSR count).